The lowest BCUT2D eigenvalue weighted by Gasteiger charge is -2.25. The second kappa shape index (κ2) is 5.19. The van der Waals surface area contributed by atoms with Gasteiger partial charge in [-0.05, 0) is 24.5 Å². The summed E-state index contributed by atoms with van der Waals surface area (Å²) in [5.41, 5.74) is 7.73. The minimum absolute atomic E-state index is 0.191. The number of rotatable bonds is 5. The summed E-state index contributed by atoms with van der Waals surface area (Å²) >= 11 is 0. The van der Waals surface area contributed by atoms with Crippen LogP contribution in [0.2, 0.25) is 0 Å². The van der Waals surface area contributed by atoms with Crippen molar-refractivity contribution >= 4 is 11.6 Å². The summed E-state index contributed by atoms with van der Waals surface area (Å²) in [6.07, 6.45) is 2.32. The number of fused-ring (bicyclic) bond motifs is 1. The van der Waals surface area contributed by atoms with Gasteiger partial charge in [-0.15, -0.1) is 0 Å². The number of hydrogen-bond acceptors (Lipinski definition) is 3. The van der Waals surface area contributed by atoms with Crippen molar-refractivity contribution in [3.8, 4) is 0 Å². The molecular formula is C13H18N2O2. The van der Waals surface area contributed by atoms with Crippen LogP contribution in [0.25, 0.3) is 0 Å². The van der Waals surface area contributed by atoms with E-state index < -0.39 is 0 Å². The molecule has 17 heavy (non-hydrogen) atoms. The van der Waals surface area contributed by atoms with E-state index in [4.69, 9.17) is 10.8 Å². The Morgan fingerprint density at radius 3 is 2.88 bits per heavy atom. The van der Waals surface area contributed by atoms with Crippen LogP contribution in [0.4, 0.5) is 5.69 Å². The van der Waals surface area contributed by atoms with Crippen molar-refractivity contribution in [1.29, 1.82) is 0 Å². The van der Waals surface area contributed by atoms with Gasteiger partial charge in [0.25, 0.3) is 0 Å². The lowest BCUT2D eigenvalue weighted by molar-refractivity contribution is -0.119. The highest BCUT2D eigenvalue weighted by atomic mass is 16.2. The summed E-state index contributed by atoms with van der Waals surface area (Å²) in [6, 6.07) is 7.79. The number of aliphatic hydroxyl groups is 1. The smallest absolute Gasteiger partial charge is 0.240 e. The van der Waals surface area contributed by atoms with Gasteiger partial charge in [-0.1, -0.05) is 18.2 Å². The molecule has 0 fully saturated rings. The lowest BCUT2D eigenvalue weighted by Crippen LogP contribution is -2.43. The first kappa shape index (κ1) is 11.9. The molecule has 1 atom stereocenters. The average molecular weight is 234 g/mol. The molecule has 0 aliphatic carbocycles. The van der Waals surface area contributed by atoms with Gasteiger partial charge in [0.1, 0.15) is 6.04 Å². The molecule has 0 spiro atoms. The zero-order valence-electron chi connectivity index (χ0n) is 9.80. The molecule has 1 aromatic carbocycles. The largest absolute Gasteiger partial charge is 0.396 e. The molecule has 1 aromatic rings. The average Bonchev–Trinajstić information content (AvgIpc) is 2.69. The number of anilines is 1. The summed E-state index contributed by atoms with van der Waals surface area (Å²) in [5.74, 6) is -0.273. The number of primary amides is 1. The Morgan fingerprint density at radius 1 is 1.41 bits per heavy atom. The lowest BCUT2D eigenvalue weighted by atomic mass is 10.1. The summed E-state index contributed by atoms with van der Waals surface area (Å²) in [6.45, 7) is 0.960. The zero-order valence-corrected chi connectivity index (χ0v) is 9.80. The number of carbonyl (C=O) groups excluding carboxylic acids is 1. The molecule has 3 N–H and O–H groups in total. The fourth-order valence-corrected chi connectivity index (χ4v) is 2.37. The number of nitrogens with two attached hydrogens (primary N) is 1. The molecule has 4 heteroatoms. The molecule has 92 valence electrons. The van der Waals surface area contributed by atoms with Gasteiger partial charge in [0, 0.05) is 25.3 Å². The van der Waals surface area contributed by atoms with Gasteiger partial charge in [0.05, 0.1) is 0 Å². The molecule has 1 amide bonds. The minimum atomic E-state index is -0.273. The summed E-state index contributed by atoms with van der Waals surface area (Å²) in [5, 5.41) is 8.80. The number of hydrogen-bond donors (Lipinski definition) is 2. The highest BCUT2D eigenvalue weighted by molar-refractivity contribution is 5.86. The molecule has 1 aliphatic heterocycles. The first-order valence-corrected chi connectivity index (χ1v) is 5.98. The highest BCUT2D eigenvalue weighted by Crippen LogP contribution is 2.31. The van der Waals surface area contributed by atoms with Crippen LogP contribution in [0.5, 0.6) is 0 Å². The van der Waals surface area contributed by atoms with E-state index in [1.165, 1.54) is 5.56 Å². The number of benzene rings is 1. The predicted octanol–water partition coefficient (Wildman–Crippen LogP) is 0.675. The first-order chi connectivity index (χ1) is 8.24. The van der Waals surface area contributed by atoms with E-state index in [9.17, 15) is 4.79 Å². The Morgan fingerprint density at radius 2 is 2.18 bits per heavy atom. The summed E-state index contributed by atoms with van der Waals surface area (Å²) in [7, 11) is 0. The number of amides is 1. The maximum atomic E-state index is 11.4. The molecule has 1 aliphatic rings. The van der Waals surface area contributed by atoms with Gasteiger partial charge in [-0.2, -0.15) is 0 Å². The van der Waals surface area contributed by atoms with E-state index in [2.05, 4.69) is 4.90 Å². The van der Waals surface area contributed by atoms with E-state index in [0.29, 0.717) is 6.42 Å². The third-order valence-corrected chi connectivity index (χ3v) is 3.23. The summed E-state index contributed by atoms with van der Waals surface area (Å²) < 4.78 is 0. The molecule has 0 radical (unpaired) electrons. The van der Waals surface area contributed by atoms with Gasteiger partial charge in [0.15, 0.2) is 0 Å². The van der Waals surface area contributed by atoms with E-state index >= 15 is 0 Å². The topological polar surface area (TPSA) is 66.6 Å². The van der Waals surface area contributed by atoms with Crippen molar-refractivity contribution in [3.05, 3.63) is 29.8 Å². The normalized spacial score (nSPS) is 18.2. The molecule has 0 saturated carbocycles. The van der Waals surface area contributed by atoms with Gasteiger partial charge in [-0.3, -0.25) is 4.79 Å². The standard InChI is InChI=1S/C13H18N2O2/c14-13(17)12-9-10-5-1-2-6-11(10)15(12)7-3-4-8-16/h1-2,5-6,12,16H,3-4,7-9H2,(H2,14,17)/t12-/m0/s1. The van der Waals surface area contributed by atoms with Crippen LogP contribution in [0.3, 0.4) is 0 Å². The Hall–Kier alpha value is -1.55. The van der Waals surface area contributed by atoms with Crippen molar-refractivity contribution < 1.29 is 9.90 Å². The Labute approximate surface area is 101 Å². The zero-order chi connectivity index (χ0) is 12.3. The molecule has 0 saturated heterocycles. The molecule has 4 nitrogen and oxygen atoms in total. The number of carbonyl (C=O) groups is 1. The predicted molar refractivity (Wildman–Crippen MR) is 66.8 cm³/mol. The van der Waals surface area contributed by atoms with Gasteiger partial charge in [0.2, 0.25) is 5.91 Å². The second-order valence-corrected chi connectivity index (χ2v) is 4.38. The van der Waals surface area contributed by atoms with Gasteiger partial charge in [-0.25, -0.2) is 0 Å². The SMILES string of the molecule is NC(=O)[C@@H]1Cc2ccccc2N1CCCCO. The fourth-order valence-electron chi connectivity index (χ4n) is 2.37. The van der Waals surface area contributed by atoms with Crippen molar-refractivity contribution in [2.45, 2.75) is 25.3 Å². The molecule has 0 aromatic heterocycles. The minimum Gasteiger partial charge on any atom is -0.396 e. The molecule has 0 unspecified atom stereocenters. The van der Waals surface area contributed by atoms with Crippen LogP contribution < -0.4 is 10.6 Å². The van der Waals surface area contributed by atoms with Crippen LogP contribution in [0.15, 0.2) is 24.3 Å². The third-order valence-electron chi connectivity index (χ3n) is 3.23. The Kier molecular flexibility index (Phi) is 3.64. The number of aliphatic hydroxyl groups excluding tert-OH is 1. The van der Waals surface area contributed by atoms with Crippen molar-refractivity contribution in [2.24, 2.45) is 5.73 Å². The number of nitrogens with zero attached hydrogens (tertiary/aromatic N) is 1. The van der Waals surface area contributed by atoms with E-state index in [1.54, 1.807) is 0 Å². The van der Waals surface area contributed by atoms with Crippen molar-refractivity contribution in [3.63, 3.8) is 0 Å². The second-order valence-electron chi connectivity index (χ2n) is 4.38. The summed E-state index contributed by atoms with van der Waals surface area (Å²) in [4.78, 5) is 13.5. The monoisotopic (exact) mass is 234 g/mol. The van der Waals surface area contributed by atoms with E-state index in [0.717, 1.165) is 25.1 Å². The molecule has 2 rings (SSSR count). The van der Waals surface area contributed by atoms with Crippen LogP contribution >= 0.6 is 0 Å². The van der Waals surface area contributed by atoms with Crippen LogP contribution in [0, 0.1) is 0 Å². The Bertz CT molecular complexity index is 406. The van der Waals surface area contributed by atoms with Crippen LogP contribution in [-0.2, 0) is 11.2 Å². The van der Waals surface area contributed by atoms with Crippen LogP contribution in [-0.4, -0.2) is 30.2 Å². The van der Waals surface area contributed by atoms with Crippen molar-refractivity contribution in [2.75, 3.05) is 18.1 Å². The molecule has 1 heterocycles. The maximum absolute atomic E-state index is 11.4. The Balaban J connectivity index is 2.15. The first-order valence-electron chi connectivity index (χ1n) is 5.98. The quantitative estimate of drug-likeness (QED) is 0.736. The molecule has 0 bridgehead atoms. The molecular weight excluding hydrogens is 216 g/mol. The fraction of sp³-hybridized carbons (Fsp3) is 0.462. The maximum Gasteiger partial charge on any atom is 0.240 e. The van der Waals surface area contributed by atoms with Gasteiger partial charge >= 0.3 is 0 Å². The van der Waals surface area contributed by atoms with Crippen molar-refractivity contribution in [1.82, 2.24) is 0 Å². The number of para-hydroxylation sites is 1. The highest BCUT2D eigenvalue weighted by Gasteiger charge is 2.32. The van der Waals surface area contributed by atoms with E-state index in [-0.39, 0.29) is 18.6 Å². The number of unbranched alkanes of at least 4 members (excludes halogenated alkanes) is 1. The third kappa shape index (κ3) is 2.42. The van der Waals surface area contributed by atoms with E-state index in [1.807, 2.05) is 24.3 Å². The van der Waals surface area contributed by atoms with Crippen LogP contribution in [0.1, 0.15) is 18.4 Å². The van der Waals surface area contributed by atoms with Gasteiger partial charge < -0.3 is 15.7 Å².